The fourth-order valence-electron chi connectivity index (χ4n) is 3.51. The second-order valence-electron chi connectivity index (χ2n) is 8.00. The van der Waals surface area contributed by atoms with Crippen LogP contribution in [0.4, 0.5) is 4.39 Å². The normalized spacial score (nSPS) is 24.0. The summed E-state index contributed by atoms with van der Waals surface area (Å²) in [7, 11) is 0. The van der Waals surface area contributed by atoms with Gasteiger partial charge in [0.1, 0.15) is 11.8 Å². The molecule has 0 saturated carbocycles. The lowest BCUT2D eigenvalue weighted by Gasteiger charge is -2.35. The van der Waals surface area contributed by atoms with Gasteiger partial charge in [-0.2, -0.15) is 0 Å². The van der Waals surface area contributed by atoms with Crippen molar-refractivity contribution in [3.8, 4) is 0 Å². The Hall–Kier alpha value is -2.96. The van der Waals surface area contributed by atoms with Crippen molar-refractivity contribution in [3.05, 3.63) is 53.8 Å². The van der Waals surface area contributed by atoms with Gasteiger partial charge in [-0.05, 0) is 25.5 Å². The minimum atomic E-state index is -1.25. The molecule has 3 rings (SSSR count). The summed E-state index contributed by atoms with van der Waals surface area (Å²) in [6, 6.07) is 8.77. The summed E-state index contributed by atoms with van der Waals surface area (Å²) < 4.78 is 19.8. The van der Waals surface area contributed by atoms with E-state index < -0.39 is 23.7 Å². The third-order valence-electron chi connectivity index (χ3n) is 4.77. The maximum Gasteiger partial charge on any atom is 0.286 e. The van der Waals surface area contributed by atoms with Crippen LogP contribution in [0, 0.1) is 0 Å². The van der Waals surface area contributed by atoms with Gasteiger partial charge in [0, 0.05) is 37.6 Å². The van der Waals surface area contributed by atoms with Crippen LogP contribution in [-0.4, -0.2) is 53.4 Å². The highest BCUT2D eigenvalue weighted by atomic mass is 19.1. The summed E-state index contributed by atoms with van der Waals surface area (Å²) in [6.07, 6.45) is 3.29. The molecule has 0 radical (unpaired) electrons. The van der Waals surface area contributed by atoms with Crippen LogP contribution in [0.25, 0.3) is 6.08 Å². The fraction of sp³-hybridized carbons (Fsp3) is 0.409. The van der Waals surface area contributed by atoms with Crippen LogP contribution in [0.15, 0.2) is 48.2 Å². The number of carbonyl (C=O) groups excluding carboxylic acids is 3. The highest BCUT2D eigenvalue weighted by molar-refractivity contribution is 6.02. The third-order valence-corrected chi connectivity index (χ3v) is 4.77. The van der Waals surface area contributed by atoms with Gasteiger partial charge in [0.15, 0.2) is 11.5 Å². The average molecular weight is 400 g/mol. The van der Waals surface area contributed by atoms with E-state index in [0.29, 0.717) is 0 Å². The Balaban J connectivity index is 1.62. The van der Waals surface area contributed by atoms with E-state index in [1.54, 1.807) is 19.9 Å². The van der Waals surface area contributed by atoms with Crippen LogP contribution in [-0.2, 0) is 19.1 Å². The molecule has 0 aliphatic carbocycles. The molecule has 2 heterocycles. The van der Waals surface area contributed by atoms with Crippen molar-refractivity contribution in [1.82, 2.24) is 10.2 Å². The molecular formula is C22H25FN2O4. The zero-order valence-corrected chi connectivity index (χ0v) is 16.6. The summed E-state index contributed by atoms with van der Waals surface area (Å²) in [5.74, 6) is -1.16. The smallest absolute Gasteiger partial charge is 0.286 e. The van der Waals surface area contributed by atoms with Gasteiger partial charge in [-0.1, -0.05) is 30.3 Å². The Kier molecular flexibility index (Phi) is 6.15. The Labute approximate surface area is 169 Å². The maximum atomic E-state index is 14.2. The molecule has 2 atom stereocenters. The first-order valence-corrected chi connectivity index (χ1v) is 9.62. The van der Waals surface area contributed by atoms with Gasteiger partial charge >= 0.3 is 0 Å². The van der Waals surface area contributed by atoms with Gasteiger partial charge in [-0.25, -0.2) is 4.39 Å². The Morgan fingerprint density at radius 3 is 2.66 bits per heavy atom. The summed E-state index contributed by atoms with van der Waals surface area (Å²) in [4.78, 5) is 38.1. The van der Waals surface area contributed by atoms with Crippen molar-refractivity contribution >= 4 is 23.7 Å². The third kappa shape index (κ3) is 5.76. The fourth-order valence-corrected chi connectivity index (χ4v) is 3.51. The first-order chi connectivity index (χ1) is 13.7. The molecule has 1 fully saturated rings. The van der Waals surface area contributed by atoms with Crippen molar-refractivity contribution in [3.63, 3.8) is 0 Å². The number of carbonyl (C=O) groups is 3. The number of halogens is 1. The number of hydrogen-bond acceptors (Lipinski definition) is 4. The van der Waals surface area contributed by atoms with Gasteiger partial charge in [-0.15, -0.1) is 0 Å². The number of allylic oxidation sites excluding steroid dienone is 1. The molecule has 2 aliphatic rings. The molecule has 6 nitrogen and oxygen atoms in total. The molecule has 0 aromatic heterocycles. The Morgan fingerprint density at radius 2 is 1.97 bits per heavy atom. The summed E-state index contributed by atoms with van der Waals surface area (Å²) >= 11 is 0. The molecule has 0 spiro atoms. The van der Waals surface area contributed by atoms with E-state index in [1.165, 1.54) is 17.1 Å². The molecule has 0 unspecified atom stereocenters. The average Bonchev–Trinajstić information content (AvgIpc) is 2.65. The number of rotatable bonds is 4. The van der Waals surface area contributed by atoms with Crippen LogP contribution in [0.1, 0.15) is 32.3 Å². The van der Waals surface area contributed by atoms with Crippen LogP contribution < -0.4 is 5.32 Å². The van der Waals surface area contributed by atoms with Crippen LogP contribution in [0.2, 0.25) is 0 Å². The van der Waals surface area contributed by atoms with E-state index in [4.69, 9.17) is 4.74 Å². The van der Waals surface area contributed by atoms with Crippen molar-refractivity contribution in [2.24, 2.45) is 0 Å². The predicted molar refractivity (Wildman–Crippen MR) is 106 cm³/mol. The predicted octanol–water partition coefficient (Wildman–Crippen LogP) is 2.41. The molecular weight excluding hydrogens is 375 g/mol. The van der Waals surface area contributed by atoms with E-state index in [0.717, 1.165) is 5.56 Å². The molecule has 2 aliphatic heterocycles. The number of piperidine rings is 1. The highest BCUT2D eigenvalue weighted by Gasteiger charge is 2.34. The second-order valence-corrected chi connectivity index (χ2v) is 8.00. The van der Waals surface area contributed by atoms with Gasteiger partial charge < -0.3 is 15.0 Å². The largest absolute Gasteiger partial charge is 0.482 e. The minimum Gasteiger partial charge on any atom is -0.482 e. The van der Waals surface area contributed by atoms with E-state index >= 15 is 0 Å². The molecule has 1 N–H and O–H groups in total. The lowest BCUT2D eigenvalue weighted by molar-refractivity contribution is -0.133. The monoisotopic (exact) mass is 400 g/mol. The molecule has 0 bridgehead atoms. The van der Waals surface area contributed by atoms with E-state index in [2.05, 4.69) is 5.32 Å². The number of alkyl halides is 1. The van der Waals surface area contributed by atoms with Gasteiger partial charge in [0.05, 0.1) is 6.54 Å². The quantitative estimate of drug-likeness (QED) is 0.788. The Morgan fingerprint density at radius 1 is 1.24 bits per heavy atom. The number of ether oxygens (including phenoxy) is 1. The summed E-state index contributed by atoms with van der Waals surface area (Å²) in [5.41, 5.74) is 0.103. The number of amides is 2. The van der Waals surface area contributed by atoms with Crippen molar-refractivity contribution < 1.29 is 23.5 Å². The van der Waals surface area contributed by atoms with Crippen LogP contribution >= 0.6 is 0 Å². The molecule has 29 heavy (non-hydrogen) atoms. The lowest BCUT2D eigenvalue weighted by Crippen LogP contribution is -2.53. The van der Waals surface area contributed by atoms with Gasteiger partial charge in [-0.3, -0.25) is 14.4 Å². The molecule has 154 valence electrons. The number of hydrogen-bond donors (Lipinski definition) is 1. The molecule has 1 aromatic rings. The maximum absolute atomic E-state index is 14.2. The first-order valence-electron chi connectivity index (χ1n) is 9.62. The number of ketones is 1. The van der Waals surface area contributed by atoms with Crippen molar-refractivity contribution in [2.75, 3.05) is 13.1 Å². The first kappa shape index (κ1) is 20.8. The van der Waals surface area contributed by atoms with Crippen LogP contribution in [0.5, 0.6) is 0 Å². The highest BCUT2D eigenvalue weighted by Crippen LogP contribution is 2.25. The Bertz CT molecular complexity index is 848. The molecule has 1 aromatic carbocycles. The lowest BCUT2D eigenvalue weighted by atomic mass is 9.98. The molecule has 2 amide bonds. The van der Waals surface area contributed by atoms with Crippen molar-refractivity contribution in [2.45, 2.75) is 44.5 Å². The zero-order valence-electron chi connectivity index (χ0n) is 16.6. The van der Waals surface area contributed by atoms with E-state index in [9.17, 15) is 18.8 Å². The zero-order chi connectivity index (χ0) is 21.0. The van der Waals surface area contributed by atoms with Gasteiger partial charge in [0.2, 0.25) is 5.91 Å². The SMILES string of the molecule is CC1(C)CC(=O)C=C(C(=O)N[C@H]2C[C@@H](F)CN(C(=O)/C=C/c3ccccc3)C2)O1. The van der Waals surface area contributed by atoms with Crippen molar-refractivity contribution in [1.29, 1.82) is 0 Å². The number of nitrogens with one attached hydrogen (secondary N) is 1. The number of nitrogens with zero attached hydrogens (tertiary/aromatic N) is 1. The number of benzene rings is 1. The topological polar surface area (TPSA) is 75.7 Å². The number of likely N-dealkylation sites (tertiary alicyclic amines) is 1. The summed E-state index contributed by atoms with van der Waals surface area (Å²) in [6.45, 7) is 3.62. The molecule has 7 heteroatoms. The standard InChI is InChI=1S/C22H25FN2O4/c1-22(2)12-18(26)11-19(29-22)21(28)24-17-10-16(23)13-25(14-17)20(27)9-8-15-6-4-3-5-7-15/h3-9,11,16-17H,10,12-14H2,1-2H3,(H,24,28)/b9-8+/t16-,17+/m1/s1. The minimum absolute atomic E-state index is 0.0188. The summed E-state index contributed by atoms with van der Waals surface area (Å²) in [5, 5.41) is 2.69. The van der Waals surface area contributed by atoms with E-state index in [-0.39, 0.29) is 43.4 Å². The molecule has 1 saturated heterocycles. The second kappa shape index (κ2) is 8.59. The van der Waals surface area contributed by atoms with Crippen LogP contribution in [0.3, 0.4) is 0 Å². The van der Waals surface area contributed by atoms with Gasteiger partial charge in [0.25, 0.3) is 5.91 Å². The van der Waals surface area contributed by atoms with E-state index in [1.807, 2.05) is 30.3 Å².